The highest BCUT2D eigenvalue weighted by Gasteiger charge is 2.55. The van der Waals surface area contributed by atoms with Crippen molar-refractivity contribution in [1.29, 1.82) is 0 Å². The van der Waals surface area contributed by atoms with Crippen molar-refractivity contribution in [1.82, 2.24) is 0 Å². The smallest absolute Gasteiger partial charge is 0.187 e. The summed E-state index contributed by atoms with van der Waals surface area (Å²) >= 11 is 0. The van der Waals surface area contributed by atoms with Gasteiger partial charge in [-0.2, -0.15) is 0 Å². The van der Waals surface area contributed by atoms with Gasteiger partial charge in [0.15, 0.2) is 6.29 Å². The molecular weight excluding hydrogens is 456 g/mol. The summed E-state index contributed by atoms with van der Waals surface area (Å²) in [4.78, 5) is 0. The Kier molecular flexibility index (Phi) is 7.85. The number of hydrogen-bond donors (Lipinski definition) is 7. The van der Waals surface area contributed by atoms with Gasteiger partial charge in [-0.1, -0.05) is 38.0 Å². The molecule has 0 aromatic rings. The minimum atomic E-state index is -1.60. The van der Waals surface area contributed by atoms with Crippen LogP contribution in [-0.2, 0) is 9.47 Å². The standard InChI is InChI=1S/C26H42O9/c1-11(2)15-7-18(29)26(4)8-16-13(9-27)5-6-14(16)12(3)20(30)24(19(15)26)35-25-23(33)22(32)21(31)17(10-28)34-25/h8,11-14,17-18,20-25,27-33H,5-7,9-10H2,1-4H3/b16-8-/t12-,13-,14+,17-,18+,20-,21-,22?,23?,24-,25?,26+/m1/s1. The summed E-state index contributed by atoms with van der Waals surface area (Å²) in [6, 6.07) is 0. The lowest BCUT2D eigenvalue weighted by Crippen LogP contribution is -2.60. The summed E-state index contributed by atoms with van der Waals surface area (Å²) in [5, 5.41) is 73.8. The van der Waals surface area contributed by atoms with Gasteiger partial charge in [0, 0.05) is 17.9 Å². The molecular formula is C26H42O9. The lowest BCUT2D eigenvalue weighted by atomic mass is 9.68. The normalized spacial score (nSPS) is 49.9. The molecule has 9 heteroatoms. The molecule has 12 atom stereocenters. The van der Waals surface area contributed by atoms with Crippen molar-refractivity contribution in [3.63, 3.8) is 0 Å². The molecule has 1 saturated heterocycles. The SMILES string of the molecule is CC(C)C1=C2[C@@H](OC3O[C@H](CO)[C@@H](O)C(O)C3O)[C@H](O)[C@H](C)[C@@H]3CC[C@H](CO)/C3=C/[C@@]2(C)[C@@H](O)C1. The molecule has 1 heterocycles. The number of ether oxygens (including phenoxy) is 2. The molecule has 4 rings (SSSR count). The second-order valence-corrected chi connectivity index (χ2v) is 11.4. The van der Waals surface area contributed by atoms with Gasteiger partial charge >= 0.3 is 0 Å². The van der Waals surface area contributed by atoms with E-state index in [9.17, 15) is 35.7 Å². The topological polar surface area (TPSA) is 160 Å². The summed E-state index contributed by atoms with van der Waals surface area (Å²) in [7, 11) is 0. The van der Waals surface area contributed by atoms with E-state index in [0.29, 0.717) is 6.42 Å². The highest BCUT2D eigenvalue weighted by atomic mass is 16.7. The van der Waals surface area contributed by atoms with E-state index in [1.54, 1.807) is 0 Å². The van der Waals surface area contributed by atoms with Crippen LogP contribution >= 0.6 is 0 Å². The third kappa shape index (κ3) is 4.43. The van der Waals surface area contributed by atoms with E-state index in [0.717, 1.165) is 29.6 Å². The highest BCUT2D eigenvalue weighted by Crippen LogP contribution is 2.55. The Hall–Kier alpha value is -0.880. The van der Waals surface area contributed by atoms with Gasteiger partial charge in [-0.15, -0.1) is 0 Å². The van der Waals surface area contributed by atoms with Crippen LogP contribution in [0.5, 0.6) is 0 Å². The lowest BCUT2D eigenvalue weighted by Gasteiger charge is -2.46. The van der Waals surface area contributed by atoms with Crippen LogP contribution in [0.3, 0.4) is 0 Å². The maximum atomic E-state index is 11.7. The van der Waals surface area contributed by atoms with Crippen molar-refractivity contribution in [3.8, 4) is 0 Å². The van der Waals surface area contributed by atoms with Crippen molar-refractivity contribution in [2.45, 2.75) is 96.0 Å². The van der Waals surface area contributed by atoms with Crippen LogP contribution in [0.2, 0.25) is 0 Å². The summed E-state index contributed by atoms with van der Waals surface area (Å²) in [5.74, 6) is -0.228. The van der Waals surface area contributed by atoms with Crippen molar-refractivity contribution in [2.24, 2.45) is 29.1 Å². The number of aliphatic hydroxyl groups is 7. The summed E-state index contributed by atoms with van der Waals surface area (Å²) in [6.45, 7) is 7.33. The first-order valence-electron chi connectivity index (χ1n) is 12.8. The molecule has 2 fully saturated rings. The van der Waals surface area contributed by atoms with Crippen molar-refractivity contribution < 1.29 is 45.2 Å². The number of aliphatic hydroxyl groups excluding tert-OH is 7. The Balaban J connectivity index is 1.81. The maximum Gasteiger partial charge on any atom is 0.187 e. The third-order valence-electron chi connectivity index (χ3n) is 9.04. The summed E-state index contributed by atoms with van der Waals surface area (Å²) in [5.41, 5.74) is 1.88. The Morgan fingerprint density at radius 1 is 1.00 bits per heavy atom. The zero-order valence-electron chi connectivity index (χ0n) is 21.0. The molecule has 35 heavy (non-hydrogen) atoms. The molecule has 0 aromatic carbocycles. The van der Waals surface area contributed by atoms with E-state index in [1.807, 2.05) is 27.7 Å². The summed E-state index contributed by atoms with van der Waals surface area (Å²) < 4.78 is 11.9. The van der Waals surface area contributed by atoms with Gasteiger partial charge in [0.2, 0.25) is 0 Å². The Morgan fingerprint density at radius 3 is 2.29 bits per heavy atom. The first kappa shape index (κ1) is 27.2. The molecule has 7 N–H and O–H groups in total. The zero-order valence-corrected chi connectivity index (χ0v) is 21.0. The maximum absolute atomic E-state index is 11.7. The van der Waals surface area contributed by atoms with E-state index in [1.165, 1.54) is 0 Å². The highest BCUT2D eigenvalue weighted by molar-refractivity contribution is 5.43. The van der Waals surface area contributed by atoms with Crippen molar-refractivity contribution >= 4 is 0 Å². The van der Waals surface area contributed by atoms with Crippen molar-refractivity contribution in [2.75, 3.05) is 13.2 Å². The van der Waals surface area contributed by atoms with Gasteiger partial charge in [0.05, 0.1) is 18.8 Å². The second kappa shape index (κ2) is 10.1. The predicted octanol–water partition coefficient (Wildman–Crippen LogP) is -0.149. The number of hydrogen-bond acceptors (Lipinski definition) is 9. The summed E-state index contributed by atoms with van der Waals surface area (Å²) in [6.07, 6.45) is -5.93. The van der Waals surface area contributed by atoms with Gasteiger partial charge in [-0.3, -0.25) is 0 Å². The molecule has 9 nitrogen and oxygen atoms in total. The van der Waals surface area contributed by atoms with E-state index < -0.39 is 61.0 Å². The Bertz CT molecular complexity index is 839. The second-order valence-electron chi connectivity index (χ2n) is 11.4. The molecule has 0 radical (unpaired) electrons. The first-order chi connectivity index (χ1) is 16.5. The molecule has 0 bridgehead atoms. The molecule has 4 aliphatic rings. The molecule has 200 valence electrons. The Labute approximate surface area is 206 Å². The first-order valence-corrected chi connectivity index (χ1v) is 12.8. The van der Waals surface area contributed by atoms with E-state index >= 15 is 0 Å². The number of fused-ring (bicyclic) bond motifs is 2. The molecule has 0 aromatic heterocycles. The zero-order chi connectivity index (χ0) is 25.8. The Morgan fingerprint density at radius 2 is 1.69 bits per heavy atom. The monoisotopic (exact) mass is 498 g/mol. The van der Waals surface area contributed by atoms with Crippen LogP contribution in [0.15, 0.2) is 22.8 Å². The third-order valence-corrected chi connectivity index (χ3v) is 9.04. The van der Waals surface area contributed by atoms with Gasteiger partial charge in [-0.05, 0) is 49.5 Å². The van der Waals surface area contributed by atoms with Crippen LogP contribution < -0.4 is 0 Å². The molecule has 3 aliphatic carbocycles. The van der Waals surface area contributed by atoms with Crippen molar-refractivity contribution in [3.05, 3.63) is 22.8 Å². The minimum absolute atomic E-state index is 0.00303. The van der Waals surface area contributed by atoms with Gasteiger partial charge in [0.1, 0.15) is 30.5 Å². The van der Waals surface area contributed by atoms with Crippen LogP contribution in [-0.4, -0.2) is 98.0 Å². The quantitative estimate of drug-likeness (QED) is 0.256. The van der Waals surface area contributed by atoms with Crippen LogP contribution in [0.4, 0.5) is 0 Å². The lowest BCUT2D eigenvalue weighted by molar-refractivity contribution is -0.315. The average Bonchev–Trinajstić information content (AvgIpc) is 3.33. The average molecular weight is 499 g/mol. The molecule has 0 spiro atoms. The molecule has 3 unspecified atom stereocenters. The fourth-order valence-electron chi connectivity index (χ4n) is 6.77. The van der Waals surface area contributed by atoms with E-state index in [4.69, 9.17) is 9.47 Å². The van der Waals surface area contributed by atoms with Gasteiger partial charge in [0.25, 0.3) is 0 Å². The van der Waals surface area contributed by atoms with Gasteiger partial charge in [-0.25, -0.2) is 0 Å². The fourth-order valence-corrected chi connectivity index (χ4v) is 6.77. The van der Waals surface area contributed by atoms with Crippen LogP contribution in [0, 0.1) is 29.1 Å². The molecule has 1 aliphatic heterocycles. The van der Waals surface area contributed by atoms with E-state index in [-0.39, 0.29) is 30.3 Å². The number of rotatable bonds is 5. The fraction of sp³-hybridized carbons (Fsp3) is 0.846. The van der Waals surface area contributed by atoms with E-state index in [2.05, 4.69) is 6.08 Å². The minimum Gasteiger partial charge on any atom is -0.396 e. The van der Waals surface area contributed by atoms with Gasteiger partial charge < -0.3 is 45.2 Å². The van der Waals surface area contributed by atoms with Crippen LogP contribution in [0.1, 0.15) is 47.0 Å². The predicted molar refractivity (Wildman–Crippen MR) is 126 cm³/mol. The van der Waals surface area contributed by atoms with Crippen LogP contribution in [0.25, 0.3) is 0 Å². The molecule has 1 saturated carbocycles. The largest absolute Gasteiger partial charge is 0.396 e. The molecule has 0 amide bonds.